The van der Waals surface area contributed by atoms with Crippen LogP contribution in [0.5, 0.6) is 0 Å². The Morgan fingerprint density at radius 3 is 2.43 bits per heavy atom. The lowest BCUT2D eigenvalue weighted by Gasteiger charge is -2.46. The average molecular weight is 316 g/mol. The Hall–Kier alpha value is -1.11. The van der Waals surface area contributed by atoms with Crippen molar-refractivity contribution >= 4 is 21.7 Å². The number of amides is 2. The maximum Gasteiger partial charge on any atom is 0.246 e. The second kappa shape index (κ2) is 5.59. The number of nitrogens with zero attached hydrogens (tertiary/aromatic N) is 1. The molecule has 2 atom stereocenters. The molecule has 1 saturated carbocycles. The van der Waals surface area contributed by atoms with Gasteiger partial charge in [-0.05, 0) is 38.5 Å². The lowest BCUT2D eigenvalue weighted by Crippen LogP contribution is -2.70. The highest BCUT2D eigenvalue weighted by Crippen LogP contribution is 2.37. The van der Waals surface area contributed by atoms with Crippen molar-refractivity contribution in [1.82, 2.24) is 10.2 Å². The molecule has 6 nitrogen and oxygen atoms in total. The van der Waals surface area contributed by atoms with Gasteiger partial charge in [-0.3, -0.25) is 9.59 Å². The van der Waals surface area contributed by atoms with Crippen molar-refractivity contribution in [2.75, 3.05) is 18.6 Å². The molecule has 2 unspecified atom stereocenters. The summed E-state index contributed by atoms with van der Waals surface area (Å²) in [5, 5.41) is 2.86. The highest BCUT2D eigenvalue weighted by atomic mass is 32.2. The van der Waals surface area contributed by atoms with Gasteiger partial charge in [0, 0.05) is 12.8 Å². The lowest BCUT2D eigenvalue weighted by molar-refractivity contribution is -0.157. The van der Waals surface area contributed by atoms with Crippen molar-refractivity contribution in [1.29, 1.82) is 0 Å². The third-order valence-electron chi connectivity index (χ3n) is 4.58. The topological polar surface area (TPSA) is 83.6 Å². The summed E-state index contributed by atoms with van der Waals surface area (Å²) in [5.41, 5.74) is -0.875. The van der Waals surface area contributed by atoms with Gasteiger partial charge in [0.25, 0.3) is 0 Å². The molecule has 0 aromatic rings. The van der Waals surface area contributed by atoms with E-state index >= 15 is 0 Å². The molecular weight excluding hydrogens is 292 g/mol. The average Bonchev–Trinajstić information content (AvgIpc) is 3.21. The molecule has 0 aromatic carbocycles. The highest BCUT2D eigenvalue weighted by Gasteiger charge is 2.51. The number of hydrogen-bond donors (Lipinski definition) is 1. The minimum atomic E-state index is -3.06. The summed E-state index contributed by atoms with van der Waals surface area (Å²) >= 11 is 0. The van der Waals surface area contributed by atoms with E-state index in [1.54, 1.807) is 11.8 Å². The number of rotatable bonds is 6. The SMILES string of the molecule is CCC1(C)C(=O)NC(C2CC2)C(=O)N1CCCS(C)(=O)=O. The van der Waals surface area contributed by atoms with Crippen molar-refractivity contribution in [3.8, 4) is 0 Å². The summed E-state index contributed by atoms with van der Waals surface area (Å²) in [6.07, 6.45) is 4.00. The van der Waals surface area contributed by atoms with Crippen LogP contribution in [-0.2, 0) is 19.4 Å². The molecule has 0 bridgehead atoms. The van der Waals surface area contributed by atoms with E-state index in [1.807, 2.05) is 6.92 Å². The van der Waals surface area contributed by atoms with E-state index in [-0.39, 0.29) is 23.5 Å². The van der Waals surface area contributed by atoms with Crippen molar-refractivity contribution in [3.05, 3.63) is 0 Å². The molecule has 0 aromatic heterocycles. The number of carbonyl (C=O) groups is 2. The number of sulfone groups is 1. The van der Waals surface area contributed by atoms with Gasteiger partial charge in [-0.2, -0.15) is 0 Å². The monoisotopic (exact) mass is 316 g/mol. The van der Waals surface area contributed by atoms with Gasteiger partial charge in [0.1, 0.15) is 21.4 Å². The molecule has 120 valence electrons. The van der Waals surface area contributed by atoms with Crippen LogP contribution < -0.4 is 5.32 Å². The molecule has 21 heavy (non-hydrogen) atoms. The molecule has 2 fully saturated rings. The molecule has 0 radical (unpaired) electrons. The van der Waals surface area contributed by atoms with Crippen LogP contribution in [-0.4, -0.2) is 55.3 Å². The minimum absolute atomic E-state index is 0.0340. The van der Waals surface area contributed by atoms with Crippen molar-refractivity contribution in [2.24, 2.45) is 5.92 Å². The van der Waals surface area contributed by atoms with Crippen LogP contribution in [0.2, 0.25) is 0 Å². The summed E-state index contributed by atoms with van der Waals surface area (Å²) in [7, 11) is -3.06. The third-order valence-corrected chi connectivity index (χ3v) is 5.61. The Bertz CT molecular complexity index is 541. The quantitative estimate of drug-likeness (QED) is 0.765. The fourth-order valence-corrected chi connectivity index (χ4v) is 3.49. The smallest absolute Gasteiger partial charge is 0.246 e. The van der Waals surface area contributed by atoms with Crippen molar-refractivity contribution in [3.63, 3.8) is 0 Å². The second-order valence-electron chi connectivity index (χ2n) is 6.39. The third kappa shape index (κ3) is 3.39. The van der Waals surface area contributed by atoms with Crippen molar-refractivity contribution < 1.29 is 18.0 Å². The Morgan fingerprint density at radius 2 is 1.95 bits per heavy atom. The first kappa shape index (κ1) is 16.3. The Morgan fingerprint density at radius 1 is 1.33 bits per heavy atom. The van der Waals surface area contributed by atoms with E-state index in [1.165, 1.54) is 6.26 Å². The van der Waals surface area contributed by atoms with Gasteiger partial charge in [-0.15, -0.1) is 0 Å². The van der Waals surface area contributed by atoms with E-state index in [0.29, 0.717) is 19.4 Å². The molecule has 1 saturated heterocycles. The van der Waals surface area contributed by atoms with Crippen LogP contribution in [0.25, 0.3) is 0 Å². The number of hydrogen-bond acceptors (Lipinski definition) is 4. The van der Waals surface area contributed by atoms with Gasteiger partial charge in [0.2, 0.25) is 11.8 Å². The Labute approximate surface area is 126 Å². The molecule has 7 heteroatoms. The normalized spacial score (nSPS) is 30.4. The first-order chi connectivity index (χ1) is 9.69. The summed E-state index contributed by atoms with van der Waals surface area (Å²) in [4.78, 5) is 26.6. The van der Waals surface area contributed by atoms with E-state index in [2.05, 4.69) is 5.32 Å². The fourth-order valence-electron chi connectivity index (χ4n) is 2.83. The number of nitrogens with one attached hydrogen (secondary N) is 1. The number of piperazine rings is 1. The van der Waals surface area contributed by atoms with Crippen LogP contribution in [0, 0.1) is 5.92 Å². The lowest BCUT2D eigenvalue weighted by atomic mass is 9.89. The van der Waals surface area contributed by atoms with E-state index < -0.39 is 21.4 Å². The van der Waals surface area contributed by atoms with E-state index in [0.717, 1.165) is 12.8 Å². The van der Waals surface area contributed by atoms with Gasteiger partial charge >= 0.3 is 0 Å². The molecule has 1 aliphatic carbocycles. The van der Waals surface area contributed by atoms with Crippen molar-refractivity contribution in [2.45, 2.75) is 51.1 Å². The van der Waals surface area contributed by atoms with Gasteiger partial charge in [-0.25, -0.2) is 8.42 Å². The first-order valence-electron chi connectivity index (χ1n) is 7.49. The summed E-state index contributed by atoms with van der Waals surface area (Å²) in [6, 6.07) is -0.421. The van der Waals surface area contributed by atoms with Gasteiger partial charge < -0.3 is 10.2 Å². The zero-order valence-corrected chi connectivity index (χ0v) is 13.7. The molecule has 2 aliphatic rings. The van der Waals surface area contributed by atoms with Crippen LogP contribution in [0.1, 0.15) is 39.5 Å². The maximum atomic E-state index is 12.6. The predicted octanol–water partition coefficient (Wildman–Crippen LogP) is 0.327. The molecule has 1 heterocycles. The molecule has 0 spiro atoms. The summed E-state index contributed by atoms with van der Waals surface area (Å²) in [5.74, 6) is 0.0998. The Balaban J connectivity index is 2.14. The summed E-state index contributed by atoms with van der Waals surface area (Å²) in [6.45, 7) is 3.94. The standard InChI is InChI=1S/C14H24N2O4S/c1-4-14(2)13(18)15-11(10-6-7-10)12(17)16(14)8-5-9-21(3,19)20/h10-11H,4-9H2,1-3H3,(H,15,18). The van der Waals surface area contributed by atoms with E-state index in [4.69, 9.17) is 0 Å². The summed E-state index contributed by atoms with van der Waals surface area (Å²) < 4.78 is 22.5. The van der Waals surface area contributed by atoms with Gasteiger partial charge in [0.05, 0.1) is 5.75 Å². The van der Waals surface area contributed by atoms with Crippen LogP contribution in [0.15, 0.2) is 0 Å². The Kier molecular flexibility index (Phi) is 4.33. The zero-order valence-electron chi connectivity index (χ0n) is 12.9. The molecule has 2 rings (SSSR count). The van der Waals surface area contributed by atoms with Gasteiger partial charge in [-0.1, -0.05) is 6.92 Å². The number of carbonyl (C=O) groups excluding carboxylic acids is 2. The second-order valence-corrected chi connectivity index (χ2v) is 8.65. The van der Waals surface area contributed by atoms with E-state index in [9.17, 15) is 18.0 Å². The molecule has 1 N–H and O–H groups in total. The zero-order chi connectivity index (χ0) is 15.8. The maximum absolute atomic E-state index is 12.6. The van der Waals surface area contributed by atoms with Gasteiger partial charge in [0.15, 0.2) is 0 Å². The molecular formula is C14H24N2O4S. The fraction of sp³-hybridized carbons (Fsp3) is 0.857. The molecule has 1 aliphatic heterocycles. The highest BCUT2D eigenvalue weighted by molar-refractivity contribution is 7.90. The van der Waals surface area contributed by atoms with Crippen LogP contribution in [0.4, 0.5) is 0 Å². The van der Waals surface area contributed by atoms with Crippen LogP contribution in [0.3, 0.4) is 0 Å². The minimum Gasteiger partial charge on any atom is -0.342 e. The molecule has 2 amide bonds. The predicted molar refractivity (Wildman–Crippen MR) is 79.4 cm³/mol. The largest absolute Gasteiger partial charge is 0.342 e. The van der Waals surface area contributed by atoms with Crippen LogP contribution >= 0.6 is 0 Å². The first-order valence-corrected chi connectivity index (χ1v) is 9.55.